The van der Waals surface area contributed by atoms with Gasteiger partial charge in [0, 0.05) is 5.02 Å². The Hall–Kier alpha value is -1.39. The maximum absolute atomic E-state index is 5.89. The zero-order chi connectivity index (χ0) is 12.3. The highest BCUT2D eigenvalue weighted by Gasteiger charge is 2.08. The van der Waals surface area contributed by atoms with Crippen molar-refractivity contribution in [3.8, 4) is 0 Å². The van der Waals surface area contributed by atoms with E-state index in [2.05, 4.69) is 10.3 Å². The molecule has 4 nitrogen and oxygen atoms in total. The largest absolute Gasteiger partial charge is 0.323 e. The number of nitrogens with zero attached hydrogens (tertiary/aromatic N) is 3. The van der Waals surface area contributed by atoms with Crippen molar-refractivity contribution in [2.24, 2.45) is 5.73 Å². The molecule has 1 heterocycles. The third kappa shape index (κ3) is 3.05. The lowest BCUT2D eigenvalue weighted by molar-refractivity contribution is 0.644. The number of halogens is 1. The summed E-state index contributed by atoms with van der Waals surface area (Å²) in [6, 6.07) is 7.65. The second kappa shape index (κ2) is 5.29. The molecule has 0 aliphatic carbocycles. The summed E-state index contributed by atoms with van der Waals surface area (Å²) in [5.41, 5.74) is 7.86. The third-order valence-corrected chi connectivity index (χ3v) is 2.89. The average molecular weight is 251 g/mol. The average Bonchev–Trinajstić information content (AvgIpc) is 2.80. The lowest BCUT2D eigenvalue weighted by Crippen LogP contribution is -2.08. The Morgan fingerprint density at radius 2 is 2.06 bits per heavy atom. The zero-order valence-corrected chi connectivity index (χ0v) is 10.4. The summed E-state index contributed by atoms with van der Waals surface area (Å²) < 4.78 is 1.79. The van der Waals surface area contributed by atoms with Crippen LogP contribution in [0, 0.1) is 0 Å². The van der Waals surface area contributed by atoms with Crippen LogP contribution < -0.4 is 5.73 Å². The van der Waals surface area contributed by atoms with Crippen molar-refractivity contribution < 1.29 is 0 Å². The number of rotatable bonds is 4. The highest BCUT2D eigenvalue weighted by molar-refractivity contribution is 6.30. The van der Waals surface area contributed by atoms with Crippen LogP contribution in [0.25, 0.3) is 0 Å². The van der Waals surface area contributed by atoms with Crippen molar-refractivity contribution in [2.75, 3.05) is 0 Å². The number of hydrogen-bond donors (Lipinski definition) is 1. The number of nitrogens with two attached hydrogens (primary N) is 1. The summed E-state index contributed by atoms with van der Waals surface area (Å²) in [6.07, 6.45) is 2.75. The molecule has 0 aliphatic rings. The van der Waals surface area contributed by atoms with E-state index in [0.29, 0.717) is 6.54 Å². The normalized spacial score (nSPS) is 12.6. The molecule has 0 amide bonds. The fraction of sp³-hybridized carbons (Fsp3) is 0.333. The first-order valence-corrected chi connectivity index (χ1v) is 5.97. The van der Waals surface area contributed by atoms with Crippen molar-refractivity contribution in [3.63, 3.8) is 0 Å². The summed E-state index contributed by atoms with van der Waals surface area (Å²) >= 11 is 5.83. The van der Waals surface area contributed by atoms with Gasteiger partial charge in [0.25, 0.3) is 0 Å². The molecule has 5 heteroatoms. The quantitative estimate of drug-likeness (QED) is 0.907. The number of benzene rings is 1. The van der Waals surface area contributed by atoms with E-state index in [4.69, 9.17) is 17.3 Å². The van der Waals surface area contributed by atoms with E-state index in [-0.39, 0.29) is 6.04 Å². The molecule has 1 aromatic carbocycles. The van der Waals surface area contributed by atoms with Crippen molar-refractivity contribution in [1.29, 1.82) is 0 Å². The van der Waals surface area contributed by atoms with E-state index in [1.54, 1.807) is 4.68 Å². The first kappa shape index (κ1) is 12.1. The van der Waals surface area contributed by atoms with Crippen LogP contribution in [0.1, 0.15) is 30.6 Å². The third-order valence-electron chi connectivity index (χ3n) is 2.63. The van der Waals surface area contributed by atoms with Gasteiger partial charge < -0.3 is 5.73 Å². The summed E-state index contributed by atoms with van der Waals surface area (Å²) in [4.78, 5) is 0. The van der Waals surface area contributed by atoms with Crippen molar-refractivity contribution in [1.82, 2.24) is 15.0 Å². The van der Waals surface area contributed by atoms with Gasteiger partial charge in [0.15, 0.2) is 0 Å². The molecule has 0 aliphatic heterocycles. The molecule has 2 N–H and O–H groups in total. The first-order valence-electron chi connectivity index (χ1n) is 5.59. The monoisotopic (exact) mass is 250 g/mol. The number of hydrogen-bond acceptors (Lipinski definition) is 3. The summed E-state index contributed by atoms with van der Waals surface area (Å²) in [6.45, 7) is 2.71. The molecule has 0 bridgehead atoms. The van der Waals surface area contributed by atoms with E-state index in [9.17, 15) is 0 Å². The Kier molecular flexibility index (Phi) is 3.76. The highest BCUT2D eigenvalue weighted by Crippen LogP contribution is 2.12. The fourth-order valence-corrected chi connectivity index (χ4v) is 1.67. The van der Waals surface area contributed by atoms with Crippen LogP contribution in [0.2, 0.25) is 5.02 Å². The molecule has 0 saturated carbocycles. The van der Waals surface area contributed by atoms with Gasteiger partial charge in [-0.3, -0.25) is 0 Å². The maximum Gasteiger partial charge on any atom is 0.0994 e. The van der Waals surface area contributed by atoms with Crippen LogP contribution >= 0.6 is 11.6 Å². The van der Waals surface area contributed by atoms with Crippen LogP contribution in [-0.4, -0.2) is 15.0 Å². The second-order valence-corrected chi connectivity index (χ2v) is 4.42. The molecule has 1 atom stereocenters. The van der Waals surface area contributed by atoms with Gasteiger partial charge in [0.2, 0.25) is 0 Å². The topological polar surface area (TPSA) is 56.7 Å². The highest BCUT2D eigenvalue weighted by atomic mass is 35.5. The molecule has 0 radical (unpaired) electrons. The predicted octanol–water partition coefficient (Wildman–Crippen LogP) is 2.39. The lowest BCUT2D eigenvalue weighted by atomic mass is 10.2. The van der Waals surface area contributed by atoms with Crippen molar-refractivity contribution >= 4 is 11.6 Å². The van der Waals surface area contributed by atoms with Gasteiger partial charge in [-0.05, 0) is 24.1 Å². The molecule has 0 spiro atoms. The van der Waals surface area contributed by atoms with E-state index in [1.807, 2.05) is 37.4 Å². The minimum atomic E-state index is -0.0334. The molecular formula is C12H15ClN4. The Bertz CT molecular complexity index is 478. The van der Waals surface area contributed by atoms with Crippen molar-refractivity contribution in [3.05, 3.63) is 46.7 Å². The predicted molar refractivity (Wildman–Crippen MR) is 67.8 cm³/mol. The molecule has 0 fully saturated rings. The van der Waals surface area contributed by atoms with Crippen LogP contribution in [-0.2, 0) is 6.54 Å². The van der Waals surface area contributed by atoms with E-state index in [0.717, 1.165) is 22.7 Å². The molecule has 2 rings (SSSR count). The molecule has 2 aromatic rings. The summed E-state index contributed by atoms with van der Waals surface area (Å²) in [5, 5.41) is 8.86. The van der Waals surface area contributed by atoms with Gasteiger partial charge in [-0.1, -0.05) is 35.9 Å². The lowest BCUT2D eigenvalue weighted by Gasteiger charge is -2.02. The number of aromatic nitrogens is 3. The van der Waals surface area contributed by atoms with Crippen molar-refractivity contribution in [2.45, 2.75) is 25.9 Å². The van der Waals surface area contributed by atoms with Crippen LogP contribution in [0.4, 0.5) is 0 Å². The molecule has 90 valence electrons. The molecule has 0 saturated heterocycles. The Labute approximate surface area is 105 Å². The van der Waals surface area contributed by atoms with E-state index < -0.39 is 0 Å². The van der Waals surface area contributed by atoms with E-state index in [1.165, 1.54) is 0 Å². The minimum Gasteiger partial charge on any atom is -0.323 e. The van der Waals surface area contributed by atoms with Gasteiger partial charge in [-0.25, -0.2) is 4.68 Å². The van der Waals surface area contributed by atoms with Gasteiger partial charge in [0.05, 0.1) is 24.5 Å². The van der Waals surface area contributed by atoms with Gasteiger partial charge >= 0.3 is 0 Å². The SMILES string of the molecule is CCC(N)c1cn(Cc2ccc(Cl)cc2)nn1. The zero-order valence-electron chi connectivity index (χ0n) is 9.68. The van der Waals surface area contributed by atoms with E-state index >= 15 is 0 Å². The van der Waals surface area contributed by atoms with Gasteiger partial charge in [-0.15, -0.1) is 5.10 Å². The van der Waals surface area contributed by atoms with Gasteiger partial charge in [-0.2, -0.15) is 0 Å². The van der Waals surface area contributed by atoms with Crippen LogP contribution in [0.15, 0.2) is 30.5 Å². The smallest absolute Gasteiger partial charge is 0.0994 e. The summed E-state index contributed by atoms with van der Waals surface area (Å²) in [5.74, 6) is 0. The molecule has 17 heavy (non-hydrogen) atoms. The molecule has 1 unspecified atom stereocenters. The molecular weight excluding hydrogens is 236 g/mol. The summed E-state index contributed by atoms with van der Waals surface area (Å²) in [7, 11) is 0. The molecule has 1 aromatic heterocycles. The van der Waals surface area contributed by atoms with Crippen LogP contribution in [0.3, 0.4) is 0 Å². The Morgan fingerprint density at radius 3 is 2.71 bits per heavy atom. The first-order chi connectivity index (χ1) is 8.19. The fourth-order valence-electron chi connectivity index (χ4n) is 1.55. The maximum atomic E-state index is 5.89. The van der Waals surface area contributed by atoms with Gasteiger partial charge in [0.1, 0.15) is 0 Å². The Morgan fingerprint density at radius 1 is 1.35 bits per heavy atom. The minimum absolute atomic E-state index is 0.0334. The second-order valence-electron chi connectivity index (χ2n) is 3.98. The standard InChI is InChI=1S/C12H15ClN4/c1-2-11(14)12-8-17(16-15-12)7-9-3-5-10(13)6-4-9/h3-6,8,11H,2,7,14H2,1H3. The van der Waals surface area contributed by atoms with Crippen LogP contribution in [0.5, 0.6) is 0 Å². The Balaban J connectivity index is 2.08.